The lowest BCUT2D eigenvalue weighted by Crippen LogP contribution is -2.54. The Morgan fingerprint density at radius 1 is 0.750 bits per heavy atom. The molecule has 0 saturated carbocycles. The van der Waals surface area contributed by atoms with Gasteiger partial charge in [0.2, 0.25) is 11.8 Å². The van der Waals surface area contributed by atoms with Crippen LogP contribution in [0.1, 0.15) is 41.7 Å². The van der Waals surface area contributed by atoms with Crippen molar-refractivity contribution in [2.45, 2.75) is 64.6 Å². The summed E-state index contributed by atoms with van der Waals surface area (Å²) in [4.78, 5) is 30.0. The third-order valence-electron chi connectivity index (χ3n) is 7.76. The first-order chi connectivity index (χ1) is 21.0. The zero-order chi connectivity index (χ0) is 31.9. The van der Waals surface area contributed by atoms with Crippen LogP contribution in [-0.4, -0.2) is 43.8 Å². The van der Waals surface area contributed by atoms with E-state index < -0.39 is 28.5 Å². The predicted molar refractivity (Wildman–Crippen MR) is 176 cm³/mol. The van der Waals surface area contributed by atoms with Gasteiger partial charge in [-0.2, -0.15) is 0 Å². The Morgan fingerprint density at radius 3 is 1.98 bits per heavy atom. The largest absolute Gasteiger partial charge is 0.352 e. The van der Waals surface area contributed by atoms with E-state index in [2.05, 4.69) is 5.32 Å². The molecule has 0 unspecified atom stereocenters. The molecule has 1 N–H and O–H groups in total. The minimum Gasteiger partial charge on any atom is -0.352 e. The van der Waals surface area contributed by atoms with Crippen molar-refractivity contribution in [2.24, 2.45) is 0 Å². The first-order valence-corrected chi connectivity index (χ1v) is 16.2. The predicted octanol–water partition coefficient (Wildman–Crippen LogP) is 5.97. The minimum absolute atomic E-state index is 0.0811. The maximum atomic E-state index is 14.6. The SMILES string of the molecule is Cc1ccccc1CN(C(=O)CN(c1cccc(C)c1C)S(=O)(=O)c1ccccc1)[C@@H](Cc1ccccc1)C(=O)NC(C)C. The standard InChI is InChI=1S/C36H41N3O4S/c1-26(2)37-36(41)34(23-30-17-8-6-9-18-30)38(24-31-19-13-12-15-28(31)4)35(40)25-39(33-22-14-16-27(3)29(33)5)44(42,43)32-20-10-7-11-21-32/h6-22,26,34H,23-25H2,1-5H3,(H,37,41)/t34-/m0/s1. The van der Waals surface area contributed by atoms with Crippen LogP contribution in [0, 0.1) is 20.8 Å². The Balaban J connectivity index is 1.84. The number of rotatable bonds is 12. The summed E-state index contributed by atoms with van der Waals surface area (Å²) in [5, 5.41) is 2.99. The van der Waals surface area contributed by atoms with Gasteiger partial charge in [-0.1, -0.05) is 84.9 Å². The number of amides is 2. The van der Waals surface area contributed by atoms with Crippen molar-refractivity contribution in [2.75, 3.05) is 10.8 Å². The molecule has 4 aromatic carbocycles. The summed E-state index contributed by atoms with van der Waals surface area (Å²) in [6, 6.07) is 29.7. The Hall–Kier alpha value is -4.43. The van der Waals surface area contributed by atoms with E-state index >= 15 is 0 Å². The maximum Gasteiger partial charge on any atom is 0.264 e. The number of nitrogens with one attached hydrogen (secondary N) is 1. The molecule has 0 spiro atoms. The second-order valence-electron chi connectivity index (χ2n) is 11.4. The summed E-state index contributed by atoms with van der Waals surface area (Å²) in [5.74, 6) is -0.775. The van der Waals surface area contributed by atoms with Gasteiger partial charge in [0.05, 0.1) is 10.6 Å². The summed E-state index contributed by atoms with van der Waals surface area (Å²) >= 11 is 0. The molecule has 0 fully saturated rings. The zero-order valence-corrected chi connectivity index (χ0v) is 26.8. The lowest BCUT2D eigenvalue weighted by Gasteiger charge is -2.35. The van der Waals surface area contributed by atoms with Crippen molar-refractivity contribution in [1.82, 2.24) is 10.2 Å². The molecule has 0 bridgehead atoms. The number of sulfonamides is 1. The molecule has 0 heterocycles. The maximum absolute atomic E-state index is 14.6. The van der Waals surface area contributed by atoms with E-state index in [1.165, 1.54) is 21.3 Å². The van der Waals surface area contributed by atoms with Gasteiger partial charge >= 0.3 is 0 Å². The molecule has 0 aliphatic rings. The van der Waals surface area contributed by atoms with Gasteiger partial charge in [0, 0.05) is 19.0 Å². The quantitative estimate of drug-likeness (QED) is 0.214. The van der Waals surface area contributed by atoms with Crippen LogP contribution < -0.4 is 9.62 Å². The molecule has 0 aromatic heterocycles. The van der Waals surface area contributed by atoms with E-state index in [1.54, 1.807) is 30.3 Å². The van der Waals surface area contributed by atoms with Crippen LogP contribution in [0.5, 0.6) is 0 Å². The van der Waals surface area contributed by atoms with Crippen molar-refractivity contribution in [3.63, 3.8) is 0 Å². The number of hydrogen-bond donors (Lipinski definition) is 1. The smallest absolute Gasteiger partial charge is 0.264 e. The van der Waals surface area contributed by atoms with Gasteiger partial charge < -0.3 is 10.2 Å². The second-order valence-corrected chi connectivity index (χ2v) is 13.2. The molecule has 44 heavy (non-hydrogen) atoms. The van der Waals surface area contributed by atoms with Gasteiger partial charge in [-0.05, 0) is 80.6 Å². The number of carbonyl (C=O) groups is 2. The number of benzene rings is 4. The van der Waals surface area contributed by atoms with Crippen LogP contribution in [-0.2, 0) is 32.6 Å². The Bertz CT molecular complexity index is 1690. The monoisotopic (exact) mass is 611 g/mol. The van der Waals surface area contributed by atoms with Crippen LogP contribution in [0.25, 0.3) is 0 Å². The lowest BCUT2D eigenvalue weighted by atomic mass is 10.0. The molecule has 0 radical (unpaired) electrons. The van der Waals surface area contributed by atoms with E-state index in [9.17, 15) is 18.0 Å². The van der Waals surface area contributed by atoms with Crippen LogP contribution in [0.2, 0.25) is 0 Å². The number of nitrogens with zero attached hydrogens (tertiary/aromatic N) is 2. The van der Waals surface area contributed by atoms with Crippen molar-refractivity contribution in [1.29, 1.82) is 0 Å². The zero-order valence-electron chi connectivity index (χ0n) is 26.0. The number of carbonyl (C=O) groups excluding carboxylic acids is 2. The van der Waals surface area contributed by atoms with E-state index in [-0.39, 0.29) is 29.8 Å². The summed E-state index contributed by atoms with van der Waals surface area (Å²) in [6.45, 7) is 9.13. The second kappa shape index (κ2) is 14.4. The average Bonchev–Trinajstić information content (AvgIpc) is 3.00. The van der Waals surface area contributed by atoms with Crippen molar-refractivity contribution >= 4 is 27.5 Å². The van der Waals surface area contributed by atoms with Gasteiger partial charge in [0.15, 0.2) is 0 Å². The first-order valence-electron chi connectivity index (χ1n) is 14.8. The van der Waals surface area contributed by atoms with Crippen LogP contribution in [0.15, 0.2) is 108 Å². The number of aryl methyl sites for hydroxylation is 2. The first kappa shape index (κ1) is 32.5. The van der Waals surface area contributed by atoms with Gasteiger partial charge in [-0.15, -0.1) is 0 Å². The molecular formula is C36H41N3O4S. The Kier molecular flexibility index (Phi) is 10.6. The van der Waals surface area contributed by atoms with Gasteiger partial charge in [0.1, 0.15) is 12.6 Å². The molecule has 8 heteroatoms. The fourth-order valence-electron chi connectivity index (χ4n) is 5.14. The highest BCUT2D eigenvalue weighted by Crippen LogP contribution is 2.29. The topological polar surface area (TPSA) is 86.8 Å². The van der Waals surface area contributed by atoms with Crippen molar-refractivity contribution in [3.05, 3.63) is 131 Å². The fraction of sp³-hybridized carbons (Fsp3) is 0.278. The minimum atomic E-state index is -4.14. The molecule has 1 atom stereocenters. The lowest BCUT2D eigenvalue weighted by molar-refractivity contribution is -0.140. The molecule has 2 amide bonds. The Morgan fingerprint density at radius 2 is 1.34 bits per heavy atom. The van der Waals surface area contributed by atoms with Crippen molar-refractivity contribution < 1.29 is 18.0 Å². The highest BCUT2D eigenvalue weighted by atomic mass is 32.2. The summed E-state index contributed by atoms with van der Waals surface area (Å²) in [6.07, 6.45) is 0.270. The van der Waals surface area contributed by atoms with Crippen LogP contribution in [0.4, 0.5) is 5.69 Å². The molecule has 4 aromatic rings. The summed E-state index contributed by atoms with van der Waals surface area (Å²) in [7, 11) is -4.14. The molecule has 4 rings (SSSR count). The molecule has 0 saturated heterocycles. The van der Waals surface area contributed by atoms with Crippen molar-refractivity contribution in [3.8, 4) is 0 Å². The normalized spacial score (nSPS) is 12.0. The molecule has 0 aliphatic heterocycles. The van der Waals surface area contributed by atoms with Gasteiger partial charge in [-0.25, -0.2) is 8.42 Å². The third kappa shape index (κ3) is 7.74. The Labute approximate surface area is 261 Å². The van der Waals surface area contributed by atoms with E-state index in [1.807, 2.05) is 95.3 Å². The molecule has 7 nitrogen and oxygen atoms in total. The molecule has 230 valence electrons. The van der Waals surface area contributed by atoms with E-state index in [0.717, 1.165) is 27.8 Å². The molecule has 0 aliphatic carbocycles. The van der Waals surface area contributed by atoms with E-state index in [4.69, 9.17) is 0 Å². The summed E-state index contributed by atoms with van der Waals surface area (Å²) < 4.78 is 29.5. The van der Waals surface area contributed by atoms with E-state index in [0.29, 0.717) is 5.69 Å². The summed E-state index contributed by atoms with van der Waals surface area (Å²) in [5.41, 5.74) is 4.81. The van der Waals surface area contributed by atoms with Gasteiger partial charge in [-0.3, -0.25) is 13.9 Å². The van der Waals surface area contributed by atoms with Crippen LogP contribution >= 0.6 is 0 Å². The number of hydrogen-bond acceptors (Lipinski definition) is 4. The van der Waals surface area contributed by atoms with Gasteiger partial charge in [0.25, 0.3) is 10.0 Å². The average molecular weight is 612 g/mol. The highest BCUT2D eigenvalue weighted by molar-refractivity contribution is 7.92. The fourth-order valence-corrected chi connectivity index (χ4v) is 6.64. The van der Waals surface area contributed by atoms with Crippen LogP contribution in [0.3, 0.4) is 0 Å². The highest BCUT2D eigenvalue weighted by Gasteiger charge is 2.35. The molecular weight excluding hydrogens is 570 g/mol. The third-order valence-corrected chi connectivity index (χ3v) is 9.53. The number of anilines is 1.